The van der Waals surface area contributed by atoms with Crippen molar-refractivity contribution in [2.45, 2.75) is 38.9 Å². The van der Waals surface area contributed by atoms with Crippen LogP contribution in [-0.4, -0.2) is 64.6 Å². The van der Waals surface area contributed by atoms with Crippen LogP contribution in [0.15, 0.2) is 0 Å². The average molecular weight is 306 g/mol. The van der Waals surface area contributed by atoms with Gasteiger partial charge in [-0.1, -0.05) is 0 Å². The van der Waals surface area contributed by atoms with Gasteiger partial charge in [0, 0.05) is 45.1 Å². The molecule has 2 atom stereocenters. The number of nitrogens with one attached hydrogen (secondary N) is 1. The number of ether oxygens (including phenoxy) is 1. The number of amides is 2. The topological polar surface area (TPSA) is 78.5 Å². The molecule has 0 spiro atoms. The molecule has 1 fully saturated rings. The molecule has 7 heteroatoms. The molecule has 1 saturated heterocycles. The van der Waals surface area contributed by atoms with Crippen LogP contribution >= 0.6 is 0 Å². The maximum absolute atomic E-state index is 12.8. The van der Waals surface area contributed by atoms with Crippen molar-refractivity contribution in [1.29, 1.82) is 0 Å². The molecule has 0 radical (unpaired) electrons. The summed E-state index contributed by atoms with van der Waals surface area (Å²) in [6.07, 6.45) is 1.04. The lowest BCUT2D eigenvalue weighted by atomic mass is 9.99. The summed E-state index contributed by atoms with van der Waals surface area (Å²) in [6.45, 7) is 5.52. The number of nitrogens with zero attached hydrogens (tertiary/aromatic N) is 3. The van der Waals surface area contributed by atoms with E-state index in [0.717, 1.165) is 11.3 Å². The lowest BCUT2D eigenvalue weighted by Crippen LogP contribution is -2.35. The smallest absolute Gasteiger partial charge is 0.274 e. The van der Waals surface area contributed by atoms with E-state index in [-0.39, 0.29) is 24.0 Å². The molecule has 120 valence electrons. The number of hydrogen-bond acceptors (Lipinski definition) is 4. The highest BCUT2D eigenvalue weighted by atomic mass is 16.5. The molecule has 3 rings (SSSR count). The molecule has 0 unspecified atom stereocenters. The Hall–Kier alpha value is -1.89. The van der Waals surface area contributed by atoms with Gasteiger partial charge in [0.05, 0.1) is 17.9 Å². The number of carbonyl (C=O) groups excluding carboxylic acids is 2. The first-order valence-electron chi connectivity index (χ1n) is 7.73. The third kappa shape index (κ3) is 2.61. The van der Waals surface area contributed by atoms with Gasteiger partial charge >= 0.3 is 0 Å². The van der Waals surface area contributed by atoms with E-state index in [9.17, 15) is 9.59 Å². The number of carbonyl (C=O) groups is 2. The maximum atomic E-state index is 12.8. The lowest BCUT2D eigenvalue weighted by molar-refractivity contribution is -0.129. The van der Waals surface area contributed by atoms with Crippen LogP contribution in [0.5, 0.6) is 0 Å². The van der Waals surface area contributed by atoms with Crippen LogP contribution in [0, 0.1) is 0 Å². The summed E-state index contributed by atoms with van der Waals surface area (Å²) >= 11 is 0. The van der Waals surface area contributed by atoms with Crippen molar-refractivity contribution in [3.05, 3.63) is 17.0 Å². The number of aromatic nitrogens is 2. The highest BCUT2D eigenvalue weighted by Gasteiger charge is 2.32. The molecule has 22 heavy (non-hydrogen) atoms. The molecule has 1 aromatic heterocycles. The molecule has 1 aromatic rings. The Kier molecular flexibility index (Phi) is 3.90. The average Bonchev–Trinajstić information content (AvgIpc) is 2.82. The van der Waals surface area contributed by atoms with Crippen LogP contribution in [0.3, 0.4) is 0 Å². The van der Waals surface area contributed by atoms with E-state index in [2.05, 4.69) is 10.2 Å². The van der Waals surface area contributed by atoms with Crippen LogP contribution in [0.25, 0.3) is 0 Å². The predicted octanol–water partition coefficient (Wildman–Crippen LogP) is 0.736. The van der Waals surface area contributed by atoms with Gasteiger partial charge in [-0.3, -0.25) is 14.7 Å². The van der Waals surface area contributed by atoms with Crippen LogP contribution in [0.2, 0.25) is 0 Å². The third-order valence-corrected chi connectivity index (χ3v) is 4.45. The zero-order valence-electron chi connectivity index (χ0n) is 13.3. The van der Waals surface area contributed by atoms with E-state index in [1.165, 1.54) is 0 Å². The Morgan fingerprint density at radius 1 is 1.32 bits per heavy atom. The first-order chi connectivity index (χ1) is 10.5. The van der Waals surface area contributed by atoms with Crippen LogP contribution < -0.4 is 0 Å². The van der Waals surface area contributed by atoms with Crippen LogP contribution in [0.4, 0.5) is 0 Å². The number of rotatable bonds is 1. The molecule has 2 aliphatic rings. The van der Waals surface area contributed by atoms with Crippen molar-refractivity contribution in [1.82, 2.24) is 20.0 Å². The summed E-state index contributed by atoms with van der Waals surface area (Å²) in [4.78, 5) is 27.9. The van der Waals surface area contributed by atoms with E-state index in [1.807, 2.05) is 13.8 Å². The predicted molar refractivity (Wildman–Crippen MR) is 79.4 cm³/mol. The van der Waals surface area contributed by atoms with E-state index in [0.29, 0.717) is 38.2 Å². The molecule has 2 aliphatic heterocycles. The molecule has 2 amide bonds. The fourth-order valence-electron chi connectivity index (χ4n) is 3.13. The molecule has 0 aliphatic carbocycles. The second-order valence-corrected chi connectivity index (χ2v) is 6.11. The fourth-order valence-corrected chi connectivity index (χ4v) is 3.13. The Morgan fingerprint density at radius 2 is 2.09 bits per heavy atom. The summed E-state index contributed by atoms with van der Waals surface area (Å²) in [6, 6.07) is 0. The minimum Gasteiger partial charge on any atom is -0.369 e. The van der Waals surface area contributed by atoms with Crippen molar-refractivity contribution in [2.24, 2.45) is 0 Å². The fraction of sp³-hybridized carbons (Fsp3) is 0.667. The molecule has 0 saturated carbocycles. The molecule has 1 N–H and O–H groups in total. The second-order valence-electron chi connectivity index (χ2n) is 6.11. The highest BCUT2D eigenvalue weighted by Crippen LogP contribution is 2.30. The second kappa shape index (κ2) is 5.72. The Morgan fingerprint density at radius 3 is 2.86 bits per heavy atom. The van der Waals surface area contributed by atoms with Gasteiger partial charge in [-0.2, -0.15) is 5.10 Å². The Balaban J connectivity index is 1.83. The summed E-state index contributed by atoms with van der Waals surface area (Å²) in [5.41, 5.74) is 2.33. The third-order valence-electron chi connectivity index (χ3n) is 4.45. The van der Waals surface area contributed by atoms with Crippen molar-refractivity contribution in [2.75, 3.05) is 26.7 Å². The minimum absolute atomic E-state index is 0.0727. The van der Waals surface area contributed by atoms with Gasteiger partial charge in [0.25, 0.3) is 5.91 Å². The Labute approximate surface area is 129 Å². The molecule has 7 nitrogen and oxygen atoms in total. The standard InChI is InChI=1S/C15H22N4O3/c1-9-8-11-13(10(2)22-9)16-17-14(11)15(21)19-5-4-12(20)18(3)6-7-19/h9-10H,4-8H2,1-3H3,(H,16,17)/t9-,10+/m1/s1. The van der Waals surface area contributed by atoms with Crippen molar-refractivity contribution >= 4 is 11.8 Å². The van der Waals surface area contributed by atoms with Crippen molar-refractivity contribution < 1.29 is 14.3 Å². The van der Waals surface area contributed by atoms with E-state index in [4.69, 9.17) is 4.74 Å². The number of hydrogen-bond donors (Lipinski definition) is 1. The quantitative estimate of drug-likeness (QED) is 0.830. The van der Waals surface area contributed by atoms with Crippen LogP contribution in [-0.2, 0) is 16.0 Å². The lowest BCUT2D eigenvalue weighted by Gasteiger charge is -2.26. The number of H-pyrrole nitrogens is 1. The molecular formula is C15H22N4O3. The highest BCUT2D eigenvalue weighted by molar-refractivity contribution is 5.94. The first kappa shape index (κ1) is 15.0. The van der Waals surface area contributed by atoms with E-state index >= 15 is 0 Å². The molecule has 3 heterocycles. The SMILES string of the molecule is C[C@@H]1Cc2c(C(=O)N3CCC(=O)N(C)CC3)n[nH]c2[C@H](C)O1. The number of aromatic amines is 1. The van der Waals surface area contributed by atoms with Gasteiger partial charge in [0.15, 0.2) is 5.69 Å². The normalized spacial score (nSPS) is 25.9. The van der Waals surface area contributed by atoms with Crippen molar-refractivity contribution in [3.63, 3.8) is 0 Å². The zero-order chi connectivity index (χ0) is 15.9. The van der Waals surface area contributed by atoms with Crippen molar-refractivity contribution in [3.8, 4) is 0 Å². The van der Waals surface area contributed by atoms with Gasteiger partial charge in [-0.25, -0.2) is 0 Å². The summed E-state index contributed by atoms with van der Waals surface area (Å²) in [5.74, 6) is -0.0168. The molecular weight excluding hydrogens is 284 g/mol. The zero-order valence-corrected chi connectivity index (χ0v) is 13.3. The van der Waals surface area contributed by atoms with E-state index in [1.54, 1.807) is 16.8 Å². The summed E-state index contributed by atoms with van der Waals surface area (Å²) < 4.78 is 5.75. The molecule has 0 aromatic carbocycles. The Bertz CT molecular complexity index is 598. The summed E-state index contributed by atoms with van der Waals surface area (Å²) in [5, 5.41) is 7.18. The van der Waals surface area contributed by atoms with Gasteiger partial charge in [-0.05, 0) is 13.8 Å². The number of likely N-dealkylation sites (N-methyl/N-ethyl adjacent to an activating group) is 1. The van der Waals surface area contributed by atoms with Gasteiger partial charge in [0.1, 0.15) is 0 Å². The van der Waals surface area contributed by atoms with Gasteiger partial charge < -0.3 is 14.5 Å². The van der Waals surface area contributed by atoms with Gasteiger partial charge in [-0.15, -0.1) is 0 Å². The summed E-state index contributed by atoms with van der Waals surface area (Å²) in [7, 11) is 1.77. The molecule has 0 bridgehead atoms. The van der Waals surface area contributed by atoms with E-state index < -0.39 is 0 Å². The first-order valence-corrected chi connectivity index (χ1v) is 7.73. The largest absolute Gasteiger partial charge is 0.369 e. The van der Waals surface area contributed by atoms with Crippen LogP contribution in [0.1, 0.15) is 48.1 Å². The number of fused-ring (bicyclic) bond motifs is 1. The monoisotopic (exact) mass is 306 g/mol. The van der Waals surface area contributed by atoms with Gasteiger partial charge in [0.2, 0.25) is 5.91 Å². The maximum Gasteiger partial charge on any atom is 0.274 e. The minimum atomic E-state index is -0.0955.